The molecule has 0 amide bonds. The molecule has 0 radical (unpaired) electrons. The summed E-state index contributed by atoms with van der Waals surface area (Å²) in [6.45, 7) is 3.21. The Morgan fingerprint density at radius 1 is 1.60 bits per heavy atom. The van der Waals surface area contributed by atoms with Crippen molar-refractivity contribution in [2.45, 2.75) is 31.8 Å². The van der Waals surface area contributed by atoms with Gasteiger partial charge in [-0.1, -0.05) is 0 Å². The van der Waals surface area contributed by atoms with E-state index in [-0.39, 0.29) is 0 Å². The van der Waals surface area contributed by atoms with Gasteiger partial charge in [0.25, 0.3) is 0 Å². The van der Waals surface area contributed by atoms with Crippen LogP contribution in [0, 0.1) is 5.41 Å². The fourth-order valence-corrected chi connectivity index (χ4v) is 2.33. The van der Waals surface area contributed by atoms with Gasteiger partial charge in [0.05, 0.1) is 6.61 Å². The molecule has 2 fully saturated rings. The lowest BCUT2D eigenvalue weighted by Crippen LogP contribution is -2.21. The predicted molar refractivity (Wildman–Crippen MR) is 39.9 cm³/mol. The molecular formula is C8H15NO. The van der Waals surface area contributed by atoms with E-state index in [2.05, 4.69) is 12.2 Å². The molecule has 2 rings (SSSR count). The maximum Gasteiger partial charge on any atom is 0.0534 e. The van der Waals surface area contributed by atoms with Crippen LogP contribution in [0.5, 0.6) is 0 Å². The van der Waals surface area contributed by atoms with Gasteiger partial charge < -0.3 is 10.1 Å². The van der Waals surface area contributed by atoms with E-state index in [0.29, 0.717) is 11.5 Å². The van der Waals surface area contributed by atoms with E-state index in [4.69, 9.17) is 4.74 Å². The van der Waals surface area contributed by atoms with Gasteiger partial charge in [0.15, 0.2) is 0 Å². The summed E-state index contributed by atoms with van der Waals surface area (Å²) in [5.74, 6) is 0. The van der Waals surface area contributed by atoms with Crippen LogP contribution in [-0.2, 0) is 4.74 Å². The fourth-order valence-electron chi connectivity index (χ4n) is 2.33. The molecule has 3 unspecified atom stereocenters. The average molecular weight is 141 g/mol. The van der Waals surface area contributed by atoms with Crippen molar-refractivity contribution in [3.63, 3.8) is 0 Å². The third kappa shape index (κ3) is 0.789. The number of hydrogen-bond acceptors (Lipinski definition) is 2. The lowest BCUT2D eigenvalue weighted by molar-refractivity contribution is 0.140. The number of hydrogen-bond donors (Lipinski definition) is 1. The zero-order valence-electron chi connectivity index (χ0n) is 6.68. The molecule has 0 bridgehead atoms. The number of piperidine rings is 1. The summed E-state index contributed by atoms with van der Waals surface area (Å²) in [7, 11) is 1.80. The van der Waals surface area contributed by atoms with Crippen molar-refractivity contribution in [2.24, 2.45) is 5.41 Å². The van der Waals surface area contributed by atoms with Crippen LogP contribution in [0.15, 0.2) is 0 Å². The summed E-state index contributed by atoms with van der Waals surface area (Å²) >= 11 is 0. The maximum absolute atomic E-state index is 5.18. The van der Waals surface area contributed by atoms with Crippen molar-refractivity contribution in [2.75, 3.05) is 13.7 Å². The molecule has 0 aromatic heterocycles. The SMILES string of the molecule is COCC12CC(C)NC1C2. The Morgan fingerprint density at radius 3 is 2.90 bits per heavy atom. The van der Waals surface area contributed by atoms with Crippen LogP contribution >= 0.6 is 0 Å². The Balaban J connectivity index is 1.95. The van der Waals surface area contributed by atoms with Gasteiger partial charge in [-0.2, -0.15) is 0 Å². The zero-order chi connectivity index (χ0) is 7.19. The standard InChI is InChI=1S/C8H15NO/c1-6-3-8(5-10-2)4-7(8)9-6/h6-7,9H,3-5H2,1-2H3. The van der Waals surface area contributed by atoms with Gasteiger partial charge in [0, 0.05) is 24.6 Å². The Bertz CT molecular complexity index is 148. The second-order valence-electron chi connectivity index (χ2n) is 3.82. The molecule has 0 spiro atoms. The summed E-state index contributed by atoms with van der Waals surface area (Å²) in [6, 6.07) is 1.50. The first-order chi connectivity index (χ1) is 4.77. The van der Waals surface area contributed by atoms with Gasteiger partial charge in [-0.3, -0.25) is 0 Å². The summed E-state index contributed by atoms with van der Waals surface area (Å²) in [5.41, 5.74) is 0.550. The molecule has 1 heterocycles. The van der Waals surface area contributed by atoms with Gasteiger partial charge in [-0.05, 0) is 19.8 Å². The first kappa shape index (κ1) is 6.62. The van der Waals surface area contributed by atoms with E-state index in [0.717, 1.165) is 12.6 Å². The molecule has 0 aromatic rings. The zero-order valence-corrected chi connectivity index (χ0v) is 6.68. The fraction of sp³-hybridized carbons (Fsp3) is 1.00. The topological polar surface area (TPSA) is 21.3 Å². The molecule has 2 aliphatic rings. The van der Waals surface area contributed by atoms with Gasteiger partial charge in [0.1, 0.15) is 0 Å². The number of nitrogens with one attached hydrogen (secondary N) is 1. The number of methoxy groups -OCH3 is 1. The Kier molecular flexibility index (Phi) is 1.29. The van der Waals surface area contributed by atoms with Crippen LogP contribution in [0.25, 0.3) is 0 Å². The molecule has 2 heteroatoms. The molecule has 0 aromatic carbocycles. The van der Waals surface area contributed by atoms with Crippen LogP contribution in [-0.4, -0.2) is 25.8 Å². The molecule has 10 heavy (non-hydrogen) atoms. The quantitative estimate of drug-likeness (QED) is 0.613. The summed E-state index contributed by atoms with van der Waals surface area (Å²) in [5, 5.41) is 3.54. The van der Waals surface area contributed by atoms with Crippen LogP contribution in [0.1, 0.15) is 19.8 Å². The second-order valence-corrected chi connectivity index (χ2v) is 3.82. The third-order valence-electron chi connectivity index (χ3n) is 2.82. The van der Waals surface area contributed by atoms with Crippen molar-refractivity contribution in [1.29, 1.82) is 0 Å². The average Bonchev–Trinajstić information content (AvgIpc) is 2.36. The van der Waals surface area contributed by atoms with Gasteiger partial charge in [0.2, 0.25) is 0 Å². The van der Waals surface area contributed by atoms with Crippen LogP contribution in [0.3, 0.4) is 0 Å². The molecular weight excluding hydrogens is 126 g/mol. The van der Waals surface area contributed by atoms with E-state index in [1.165, 1.54) is 12.8 Å². The van der Waals surface area contributed by atoms with Crippen molar-refractivity contribution in [3.8, 4) is 0 Å². The van der Waals surface area contributed by atoms with Crippen LogP contribution < -0.4 is 5.32 Å². The van der Waals surface area contributed by atoms with Crippen molar-refractivity contribution in [3.05, 3.63) is 0 Å². The van der Waals surface area contributed by atoms with E-state index in [1.807, 2.05) is 0 Å². The minimum absolute atomic E-state index is 0.550. The molecule has 2 nitrogen and oxygen atoms in total. The number of fused-ring (bicyclic) bond motifs is 1. The maximum atomic E-state index is 5.18. The third-order valence-corrected chi connectivity index (χ3v) is 2.82. The van der Waals surface area contributed by atoms with Crippen molar-refractivity contribution < 1.29 is 4.74 Å². The van der Waals surface area contributed by atoms with Crippen LogP contribution in [0.4, 0.5) is 0 Å². The van der Waals surface area contributed by atoms with Crippen molar-refractivity contribution >= 4 is 0 Å². The summed E-state index contributed by atoms with van der Waals surface area (Å²) < 4.78 is 5.18. The highest BCUT2D eigenvalue weighted by Crippen LogP contribution is 2.54. The van der Waals surface area contributed by atoms with E-state index < -0.39 is 0 Å². The first-order valence-corrected chi connectivity index (χ1v) is 4.02. The molecule has 3 atom stereocenters. The first-order valence-electron chi connectivity index (χ1n) is 4.02. The number of ether oxygens (including phenoxy) is 1. The molecule has 1 aliphatic heterocycles. The van der Waals surface area contributed by atoms with Gasteiger partial charge in [-0.25, -0.2) is 0 Å². The second kappa shape index (κ2) is 1.95. The van der Waals surface area contributed by atoms with E-state index in [9.17, 15) is 0 Å². The molecule has 1 saturated heterocycles. The highest BCUT2D eigenvalue weighted by Gasteiger charge is 2.59. The predicted octanol–water partition coefficient (Wildman–Crippen LogP) is 0.773. The number of rotatable bonds is 2. The van der Waals surface area contributed by atoms with Gasteiger partial charge in [-0.15, -0.1) is 0 Å². The minimum atomic E-state index is 0.550. The highest BCUT2D eigenvalue weighted by molar-refractivity contribution is 5.14. The smallest absolute Gasteiger partial charge is 0.0534 e. The normalized spacial score (nSPS) is 51.0. The highest BCUT2D eigenvalue weighted by atomic mass is 16.5. The summed E-state index contributed by atoms with van der Waals surface area (Å²) in [6.07, 6.45) is 2.65. The summed E-state index contributed by atoms with van der Waals surface area (Å²) in [4.78, 5) is 0. The largest absolute Gasteiger partial charge is 0.384 e. The van der Waals surface area contributed by atoms with Crippen molar-refractivity contribution in [1.82, 2.24) is 5.32 Å². The molecule has 1 saturated carbocycles. The van der Waals surface area contributed by atoms with Gasteiger partial charge >= 0.3 is 0 Å². The Morgan fingerprint density at radius 2 is 2.40 bits per heavy atom. The Hall–Kier alpha value is -0.0800. The molecule has 1 aliphatic carbocycles. The monoisotopic (exact) mass is 141 g/mol. The lowest BCUT2D eigenvalue weighted by atomic mass is 10.0. The minimum Gasteiger partial charge on any atom is -0.384 e. The molecule has 58 valence electrons. The van der Waals surface area contributed by atoms with E-state index >= 15 is 0 Å². The van der Waals surface area contributed by atoms with Crippen LogP contribution in [0.2, 0.25) is 0 Å². The lowest BCUT2D eigenvalue weighted by Gasteiger charge is -2.10. The Labute approximate surface area is 61.9 Å². The van der Waals surface area contributed by atoms with E-state index in [1.54, 1.807) is 7.11 Å². The molecule has 1 N–H and O–H groups in total.